The molecule has 0 unspecified atom stereocenters. The molecule has 14 heavy (non-hydrogen) atoms. The highest BCUT2D eigenvalue weighted by atomic mass is 79.9. The lowest BCUT2D eigenvalue weighted by Gasteiger charge is -1.92. The molecule has 0 aliphatic carbocycles. The monoisotopic (exact) mass is 248 g/mol. The highest BCUT2D eigenvalue weighted by Gasteiger charge is 1.89. The van der Waals surface area contributed by atoms with Gasteiger partial charge in [-0.05, 0) is 35.9 Å². The first-order chi connectivity index (χ1) is 6.84. The van der Waals surface area contributed by atoms with Crippen LogP contribution >= 0.6 is 15.9 Å². The first-order valence-electron chi connectivity index (χ1n) is 4.32. The van der Waals surface area contributed by atoms with Crippen molar-refractivity contribution in [3.63, 3.8) is 0 Å². The van der Waals surface area contributed by atoms with Crippen molar-refractivity contribution in [2.24, 2.45) is 0 Å². The van der Waals surface area contributed by atoms with Crippen LogP contribution in [0.2, 0.25) is 0 Å². The van der Waals surface area contributed by atoms with Gasteiger partial charge in [0.25, 0.3) is 0 Å². The van der Waals surface area contributed by atoms with Gasteiger partial charge in [-0.3, -0.25) is 0 Å². The first kappa shape index (κ1) is 9.28. The fraction of sp³-hybridized carbons (Fsp3) is 0. The second kappa shape index (κ2) is 4.29. The third kappa shape index (κ3) is 2.36. The second-order valence-electron chi connectivity index (χ2n) is 2.90. The minimum Gasteiger partial charge on any atom is -0.465 e. The molecule has 0 bridgehead atoms. The molecule has 0 spiro atoms. The van der Waals surface area contributed by atoms with E-state index in [2.05, 4.69) is 15.9 Å². The van der Waals surface area contributed by atoms with Crippen LogP contribution in [0.3, 0.4) is 0 Å². The van der Waals surface area contributed by atoms with Gasteiger partial charge >= 0.3 is 0 Å². The van der Waals surface area contributed by atoms with Crippen molar-refractivity contribution in [1.29, 1.82) is 0 Å². The number of halogens is 1. The summed E-state index contributed by atoms with van der Waals surface area (Å²) in [5, 5.41) is 0. The average Bonchev–Trinajstić information content (AvgIpc) is 2.70. The van der Waals surface area contributed by atoms with Gasteiger partial charge in [-0.15, -0.1) is 0 Å². The van der Waals surface area contributed by atoms with E-state index in [1.54, 1.807) is 6.26 Å². The lowest BCUT2D eigenvalue weighted by Crippen LogP contribution is -1.70. The summed E-state index contributed by atoms with van der Waals surface area (Å²) < 4.78 is 6.27. The third-order valence-corrected chi connectivity index (χ3v) is 2.38. The number of rotatable bonds is 2. The van der Waals surface area contributed by atoms with Gasteiger partial charge in [-0.1, -0.05) is 34.1 Å². The summed E-state index contributed by atoms with van der Waals surface area (Å²) in [6.07, 6.45) is 5.63. The quantitative estimate of drug-likeness (QED) is 0.776. The van der Waals surface area contributed by atoms with Crippen LogP contribution in [0.4, 0.5) is 0 Å². The van der Waals surface area contributed by atoms with E-state index in [-0.39, 0.29) is 0 Å². The van der Waals surface area contributed by atoms with Crippen LogP contribution < -0.4 is 0 Å². The highest BCUT2D eigenvalue weighted by Crippen LogP contribution is 2.13. The lowest BCUT2D eigenvalue weighted by atomic mass is 10.2. The van der Waals surface area contributed by atoms with Crippen molar-refractivity contribution >= 4 is 28.1 Å². The fourth-order valence-electron chi connectivity index (χ4n) is 1.14. The molecule has 0 fully saturated rings. The summed E-state index contributed by atoms with van der Waals surface area (Å²) in [6.45, 7) is 0. The topological polar surface area (TPSA) is 13.1 Å². The van der Waals surface area contributed by atoms with Gasteiger partial charge in [0, 0.05) is 4.47 Å². The normalized spacial score (nSPS) is 10.9. The summed E-state index contributed by atoms with van der Waals surface area (Å²) >= 11 is 3.39. The lowest BCUT2D eigenvalue weighted by molar-refractivity contribution is 0.557. The molecule has 70 valence electrons. The minimum atomic E-state index is 0.868. The Morgan fingerprint density at radius 3 is 2.43 bits per heavy atom. The van der Waals surface area contributed by atoms with E-state index < -0.39 is 0 Å². The van der Waals surface area contributed by atoms with E-state index in [0.29, 0.717) is 0 Å². The zero-order chi connectivity index (χ0) is 9.80. The summed E-state index contributed by atoms with van der Waals surface area (Å²) in [4.78, 5) is 0. The van der Waals surface area contributed by atoms with E-state index in [9.17, 15) is 0 Å². The van der Waals surface area contributed by atoms with Gasteiger partial charge in [-0.2, -0.15) is 0 Å². The van der Waals surface area contributed by atoms with Crippen molar-refractivity contribution in [3.05, 3.63) is 58.5 Å². The molecule has 0 saturated carbocycles. The molecule has 0 aliphatic heterocycles. The first-order valence-corrected chi connectivity index (χ1v) is 5.11. The number of hydrogen-bond donors (Lipinski definition) is 0. The number of benzene rings is 1. The molecule has 0 saturated heterocycles. The van der Waals surface area contributed by atoms with Crippen molar-refractivity contribution in [1.82, 2.24) is 0 Å². The number of furan rings is 1. The Hall–Kier alpha value is -1.28. The van der Waals surface area contributed by atoms with E-state index in [0.717, 1.165) is 15.8 Å². The van der Waals surface area contributed by atoms with Gasteiger partial charge in [0.05, 0.1) is 6.26 Å². The Kier molecular flexibility index (Phi) is 2.84. The maximum atomic E-state index is 5.18. The average molecular weight is 249 g/mol. The van der Waals surface area contributed by atoms with Gasteiger partial charge < -0.3 is 4.42 Å². The molecule has 0 atom stereocenters. The fourth-order valence-corrected chi connectivity index (χ4v) is 1.40. The zero-order valence-electron chi connectivity index (χ0n) is 7.48. The predicted octanol–water partition coefficient (Wildman–Crippen LogP) is 4.21. The highest BCUT2D eigenvalue weighted by molar-refractivity contribution is 9.10. The molecule has 1 heterocycles. The van der Waals surface area contributed by atoms with Crippen molar-refractivity contribution < 1.29 is 4.42 Å². The predicted molar refractivity (Wildman–Crippen MR) is 61.8 cm³/mol. The van der Waals surface area contributed by atoms with Crippen LogP contribution in [0.15, 0.2) is 51.6 Å². The molecule has 1 aromatic carbocycles. The van der Waals surface area contributed by atoms with E-state index >= 15 is 0 Å². The Bertz CT molecular complexity index is 412. The van der Waals surface area contributed by atoms with Crippen molar-refractivity contribution in [3.8, 4) is 0 Å². The van der Waals surface area contributed by atoms with Crippen molar-refractivity contribution in [2.45, 2.75) is 0 Å². The summed E-state index contributed by atoms with van der Waals surface area (Å²) in [5.74, 6) is 0.868. The molecule has 2 heteroatoms. The van der Waals surface area contributed by atoms with Crippen LogP contribution in [-0.2, 0) is 0 Å². The molecular weight excluding hydrogens is 240 g/mol. The van der Waals surface area contributed by atoms with Crippen LogP contribution in [0.1, 0.15) is 11.3 Å². The molecule has 0 amide bonds. The van der Waals surface area contributed by atoms with Gasteiger partial charge in [-0.25, -0.2) is 0 Å². The van der Waals surface area contributed by atoms with Gasteiger partial charge in [0.15, 0.2) is 0 Å². The minimum absolute atomic E-state index is 0.868. The summed E-state index contributed by atoms with van der Waals surface area (Å²) in [7, 11) is 0. The Labute approximate surface area is 91.2 Å². The van der Waals surface area contributed by atoms with Crippen LogP contribution in [0, 0.1) is 0 Å². The zero-order valence-corrected chi connectivity index (χ0v) is 9.07. The second-order valence-corrected chi connectivity index (χ2v) is 3.82. The summed E-state index contributed by atoms with van der Waals surface area (Å²) in [6, 6.07) is 11.9. The van der Waals surface area contributed by atoms with Crippen molar-refractivity contribution in [2.75, 3.05) is 0 Å². The Balaban J connectivity index is 2.15. The SMILES string of the molecule is Brc1ccc(C=Cc2ccco2)cc1. The van der Waals surface area contributed by atoms with E-state index in [1.165, 1.54) is 0 Å². The maximum Gasteiger partial charge on any atom is 0.126 e. The number of hydrogen-bond acceptors (Lipinski definition) is 1. The molecule has 2 aromatic rings. The third-order valence-electron chi connectivity index (χ3n) is 1.85. The van der Waals surface area contributed by atoms with Crippen LogP contribution in [0.25, 0.3) is 12.2 Å². The smallest absolute Gasteiger partial charge is 0.126 e. The van der Waals surface area contributed by atoms with Gasteiger partial charge in [0.1, 0.15) is 5.76 Å². The van der Waals surface area contributed by atoms with Gasteiger partial charge in [0.2, 0.25) is 0 Å². The largest absolute Gasteiger partial charge is 0.465 e. The van der Waals surface area contributed by atoms with Crippen LogP contribution in [0.5, 0.6) is 0 Å². The molecule has 0 aliphatic rings. The van der Waals surface area contributed by atoms with Crippen LogP contribution in [-0.4, -0.2) is 0 Å². The molecular formula is C12H9BrO. The standard InChI is InChI=1S/C12H9BrO/c13-11-6-3-10(4-7-11)5-8-12-2-1-9-14-12/h1-9H. The molecule has 0 N–H and O–H groups in total. The molecule has 1 aromatic heterocycles. The van der Waals surface area contributed by atoms with E-state index in [4.69, 9.17) is 4.42 Å². The molecule has 0 radical (unpaired) electrons. The van der Waals surface area contributed by atoms with E-state index in [1.807, 2.05) is 48.6 Å². The molecule has 2 rings (SSSR count). The Morgan fingerprint density at radius 1 is 1.00 bits per heavy atom. The summed E-state index contributed by atoms with van der Waals surface area (Å²) in [5.41, 5.74) is 1.16. The molecule has 1 nitrogen and oxygen atoms in total. The maximum absolute atomic E-state index is 5.18. The Morgan fingerprint density at radius 2 is 1.79 bits per heavy atom.